The molecule has 5 nitrogen and oxygen atoms in total. The molecule has 0 atom stereocenters. The number of hydrogen-bond acceptors (Lipinski definition) is 5. The van der Waals surface area contributed by atoms with Crippen LogP contribution in [0.2, 0.25) is 5.15 Å². The van der Waals surface area contributed by atoms with Gasteiger partial charge < -0.3 is 10.3 Å². The Labute approximate surface area is 107 Å². The zero-order valence-electron chi connectivity index (χ0n) is 8.90. The second-order valence-corrected chi connectivity index (χ2v) is 4.67. The van der Waals surface area contributed by atoms with E-state index >= 15 is 0 Å². The second-order valence-electron chi connectivity index (χ2n) is 3.32. The molecule has 0 aromatic carbocycles. The number of aromatic amines is 1. The van der Waals surface area contributed by atoms with Crippen molar-refractivity contribution in [3.8, 4) is 6.07 Å². The number of nitrogens with zero attached hydrogens (tertiary/aromatic N) is 3. The van der Waals surface area contributed by atoms with Crippen molar-refractivity contribution >= 4 is 28.1 Å². The molecular weight excluding hydrogens is 258 g/mol. The molecule has 0 spiro atoms. The van der Waals surface area contributed by atoms with Crippen LogP contribution in [0.5, 0.6) is 0 Å². The van der Waals surface area contributed by atoms with Gasteiger partial charge >= 0.3 is 0 Å². The minimum absolute atomic E-state index is 0.269. The van der Waals surface area contributed by atoms with Crippen LogP contribution in [0.25, 0.3) is 0 Å². The second kappa shape index (κ2) is 5.66. The van der Waals surface area contributed by atoms with Crippen LogP contribution in [-0.2, 0) is 6.42 Å². The number of aromatic nitrogens is 3. The van der Waals surface area contributed by atoms with E-state index in [-0.39, 0.29) is 5.15 Å². The summed E-state index contributed by atoms with van der Waals surface area (Å²) in [5.41, 5.74) is 0. The zero-order valence-corrected chi connectivity index (χ0v) is 10.5. The lowest BCUT2D eigenvalue weighted by atomic mass is 10.3. The van der Waals surface area contributed by atoms with Crippen LogP contribution in [0.4, 0.5) is 5.13 Å². The minimum Gasteiger partial charge on any atom is -0.361 e. The van der Waals surface area contributed by atoms with Gasteiger partial charge in [-0.25, -0.2) is 9.97 Å². The van der Waals surface area contributed by atoms with Gasteiger partial charge in [0.15, 0.2) is 10.3 Å². The Balaban J connectivity index is 1.76. The standard InChI is InChI=1S/C10H10ClN5S/c11-9-7(6-12)17-10(16-9)15-3-1-2-8-13-4-5-14-8/h4-5H,1-3H2,(H,13,14)(H,15,16). The van der Waals surface area contributed by atoms with Gasteiger partial charge in [0.1, 0.15) is 16.8 Å². The lowest BCUT2D eigenvalue weighted by molar-refractivity contribution is 0.816. The zero-order chi connectivity index (χ0) is 12.1. The smallest absolute Gasteiger partial charge is 0.185 e. The first kappa shape index (κ1) is 11.9. The maximum atomic E-state index is 8.72. The predicted molar refractivity (Wildman–Crippen MR) is 67.2 cm³/mol. The third-order valence-corrected chi connectivity index (χ3v) is 3.41. The van der Waals surface area contributed by atoms with E-state index < -0.39 is 0 Å². The van der Waals surface area contributed by atoms with Gasteiger partial charge in [0.05, 0.1) is 0 Å². The molecule has 0 aliphatic heterocycles. The highest BCUT2D eigenvalue weighted by Gasteiger charge is 2.07. The highest BCUT2D eigenvalue weighted by Crippen LogP contribution is 2.25. The number of nitriles is 1. The summed E-state index contributed by atoms with van der Waals surface area (Å²) in [4.78, 5) is 11.7. The summed E-state index contributed by atoms with van der Waals surface area (Å²) >= 11 is 7.03. The van der Waals surface area contributed by atoms with Crippen molar-refractivity contribution in [3.05, 3.63) is 28.2 Å². The van der Waals surface area contributed by atoms with E-state index in [1.165, 1.54) is 11.3 Å². The van der Waals surface area contributed by atoms with Crippen LogP contribution in [-0.4, -0.2) is 21.5 Å². The SMILES string of the molecule is N#Cc1sc(NCCCc2ncc[nH]2)nc1Cl. The number of hydrogen-bond donors (Lipinski definition) is 2. The Hall–Kier alpha value is -1.58. The van der Waals surface area contributed by atoms with Gasteiger partial charge in [-0.05, 0) is 6.42 Å². The molecule has 0 saturated carbocycles. The number of halogens is 1. The van der Waals surface area contributed by atoms with Crippen LogP contribution < -0.4 is 5.32 Å². The van der Waals surface area contributed by atoms with E-state index in [1.54, 1.807) is 6.20 Å². The van der Waals surface area contributed by atoms with Gasteiger partial charge in [0.25, 0.3) is 0 Å². The van der Waals surface area contributed by atoms with Crippen molar-refractivity contribution in [2.75, 3.05) is 11.9 Å². The molecule has 7 heteroatoms. The molecule has 2 rings (SSSR count). The van der Waals surface area contributed by atoms with Gasteiger partial charge in [-0.3, -0.25) is 0 Å². The normalized spacial score (nSPS) is 10.1. The van der Waals surface area contributed by atoms with Crippen molar-refractivity contribution in [2.45, 2.75) is 12.8 Å². The van der Waals surface area contributed by atoms with E-state index in [9.17, 15) is 0 Å². The van der Waals surface area contributed by atoms with Crippen molar-refractivity contribution in [2.24, 2.45) is 0 Å². The number of anilines is 1. The minimum atomic E-state index is 0.269. The quantitative estimate of drug-likeness (QED) is 0.816. The van der Waals surface area contributed by atoms with Crippen LogP contribution in [0.15, 0.2) is 12.4 Å². The third-order valence-electron chi connectivity index (χ3n) is 2.11. The summed E-state index contributed by atoms with van der Waals surface area (Å²) in [6.45, 7) is 0.773. The maximum absolute atomic E-state index is 8.72. The fraction of sp³-hybridized carbons (Fsp3) is 0.300. The molecule has 2 aromatic rings. The maximum Gasteiger partial charge on any atom is 0.185 e. The number of H-pyrrole nitrogens is 1. The van der Waals surface area contributed by atoms with E-state index in [0.29, 0.717) is 10.0 Å². The summed E-state index contributed by atoms with van der Waals surface area (Å²) in [6.07, 6.45) is 5.36. The van der Waals surface area contributed by atoms with Gasteiger partial charge in [-0.15, -0.1) is 0 Å². The molecule has 2 N–H and O–H groups in total. The Morgan fingerprint density at radius 2 is 2.47 bits per heavy atom. The molecule has 2 aromatic heterocycles. The monoisotopic (exact) mass is 267 g/mol. The highest BCUT2D eigenvalue weighted by atomic mass is 35.5. The average Bonchev–Trinajstić information content (AvgIpc) is 2.94. The molecule has 0 fully saturated rings. The van der Waals surface area contributed by atoms with E-state index in [1.807, 2.05) is 12.3 Å². The summed E-state index contributed by atoms with van der Waals surface area (Å²) in [7, 11) is 0. The Morgan fingerprint density at radius 3 is 3.12 bits per heavy atom. The summed E-state index contributed by atoms with van der Waals surface area (Å²) in [6, 6.07) is 2.00. The number of nitrogens with one attached hydrogen (secondary N) is 2. The fourth-order valence-corrected chi connectivity index (χ4v) is 2.30. The lowest BCUT2D eigenvalue weighted by Gasteiger charge is -2.00. The molecule has 0 aliphatic rings. The van der Waals surface area contributed by atoms with E-state index in [2.05, 4.69) is 20.3 Å². The van der Waals surface area contributed by atoms with E-state index in [0.717, 1.165) is 25.2 Å². The number of thiazole rings is 1. The Bertz CT molecular complexity index is 513. The summed E-state index contributed by atoms with van der Waals surface area (Å²) < 4.78 is 0. The molecule has 17 heavy (non-hydrogen) atoms. The first-order valence-corrected chi connectivity index (χ1v) is 6.27. The topological polar surface area (TPSA) is 77.4 Å². The first-order chi connectivity index (χ1) is 8.29. The fourth-order valence-electron chi connectivity index (χ4n) is 1.33. The Kier molecular flexibility index (Phi) is 3.96. The molecule has 0 unspecified atom stereocenters. The lowest BCUT2D eigenvalue weighted by Crippen LogP contribution is -2.03. The number of rotatable bonds is 5. The summed E-state index contributed by atoms with van der Waals surface area (Å²) in [5, 5.41) is 12.8. The van der Waals surface area contributed by atoms with Gasteiger partial charge in [0.2, 0.25) is 0 Å². The summed E-state index contributed by atoms with van der Waals surface area (Å²) in [5.74, 6) is 0.974. The predicted octanol–water partition coefficient (Wildman–Crippen LogP) is 2.44. The highest BCUT2D eigenvalue weighted by molar-refractivity contribution is 7.16. The van der Waals surface area contributed by atoms with E-state index in [4.69, 9.17) is 16.9 Å². The number of aryl methyl sites for hydroxylation is 1. The van der Waals surface area contributed by atoms with Crippen LogP contribution >= 0.6 is 22.9 Å². The van der Waals surface area contributed by atoms with Crippen LogP contribution in [0.3, 0.4) is 0 Å². The average molecular weight is 268 g/mol. The Morgan fingerprint density at radius 1 is 1.59 bits per heavy atom. The van der Waals surface area contributed by atoms with Crippen LogP contribution in [0, 0.1) is 11.3 Å². The molecule has 0 bridgehead atoms. The first-order valence-electron chi connectivity index (χ1n) is 5.08. The molecule has 0 aliphatic carbocycles. The molecule has 2 heterocycles. The largest absolute Gasteiger partial charge is 0.361 e. The van der Waals surface area contributed by atoms with Gasteiger partial charge in [-0.2, -0.15) is 5.26 Å². The molecular formula is C10H10ClN5S. The molecule has 0 amide bonds. The van der Waals surface area contributed by atoms with Crippen LogP contribution in [0.1, 0.15) is 17.1 Å². The van der Waals surface area contributed by atoms with Gasteiger partial charge in [0, 0.05) is 25.4 Å². The van der Waals surface area contributed by atoms with Gasteiger partial charge in [-0.1, -0.05) is 22.9 Å². The van der Waals surface area contributed by atoms with Crippen molar-refractivity contribution < 1.29 is 0 Å². The molecule has 88 valence electrons. The van der Waals surface area contributed by atoms with Crippen molar-refractivity contribution in [1.82, 2.24) is 15.0 Å². The molecule has 0 saturated heterocycles. The molecule has 0 radical (unpaired) electrons. The van der Waals surface area contributed by atoms with Crippen molar-refractivity contribution in [3.63, 3.8) is 0 Å². The van der Waals surface area contributed by atoms with Crippen molar-refractivity contribution in [1.29, 1.82) is 5.26 Å². The number of imidazole rings is 1. The third kappa shape index (κ3) is 3.19.